The lowest BCUT2D eigenvalue weighted by atomic mass is 10.1. The second-order valence-electron chi connectivity index (χ2n) is 6.65. The first-order chi connectivity index (χ1) is 13.1. The molecule has 4 rings (SSSR count). The van der Waals surface area contributed by atoms with E-state index in [1.165, 1.54) is 0 Å². The van der Waals surface area contributed by atoms with Crippen LogP contribution in [0.3, 0.4) is 0 Å². The number of likely N-dealkylation sites (N-methyl/N-ethyl adjacent to an activating group) is 1. The molecule has 6 nitrogen and oxygen atoms in total. The molecule has 2 aromatic carbocycles. The zero-order valence-corrected chi connectivity index (χ0v) is 16.3. The van der Waals surface area contributed by atoms with E-state index >= 15 is 0 Å². The number of hydrogen-bond acceptors (Lipinski definition) is 6. The molecule has 0 atom stereocenters. The third kappa shape index (κ3) is 3.89. The summed E-state index contributed by atoms with van der Waals surface area (Å²) in [4.78, 5) is 21.4. The van der Waals surface area contributed by atoms with Gasteiger partial charge in [-0.1, -0.05) is 11.3 Å². The number of methoxy groups -OCH3 is 1. The molecule has 7 heteroatoms. The maximum Gasteiger partial charge on any atom is 0.253 e. The van der Waals surface area contributed by atoms with Gasteiger partial charge >= 0.3 is 0 Å². The van der Waals surface area contributed by atoms with Gasteiger partial charge in [0.15, 0.2) is 5.13 Å². The molecule has 0 radical (unpaired) electrons. The van der Waals surface area contributed by atoms with Crippen LogP contribution in [-0.4, -0.2) is 61.0 Å². The molecule has 1 N–H and O–H groups in total. The van der Waals surface area contributed by atoms with E-state index in [1.807, 2.05) is 47.4 Å². The van der Waals surface area contributed by atoms with Gasteiger partial charge in [0, 0.05) is 37.4 Å². The Balaban J connectivity index is 1.45. The fourth-order valence-electron chi connectivity index (χ4n) is 3.10. The van der Waals surface area contributed by atoms with Crippen molar-refractivity contribution in [2.24, 2.45) is 0 Å². The lowest BCUT2D eigenvalue weighted by molar-refractivity contribution is 0.0664. The number of fused-ring (bicyclic) bond motifs is 1. The summed E-state index contributed by atoms with van der Waals surface area (Å²) in [5.41, 5.74) is 2.57. The molecule has 1 saturated heterocycles. The molecule has 3 aromatic rings. The van der Waals surface area contributed by atoms with E-state index in [-0.39, 0.29) is 5.91 Å². The maximum atomic E-state index is 12.6. The maximum absolute atomic E-state index is 12.6. The van der Waals surface area contributed by atoms with E-state index in [0.29, 0.717) is 0 Å². The van der Waals surface area contributed by atoms with Crippen LogP contribution in [0.5, 0.6) is 5.75 Å². The van der Waals surface area contributed by atoms with Gasteiger partial charge in [0.2, 0.25) is 0 Å². The number of anilines is 2. The molecule has 1 fully saturated rings. The predicted octanol–water partition coefficient (Wildman–Crippen LogP) is 3.44. The minimum absolute atomic E-state index is 0.0988. The summed E-state index contributed by atoms with van der Waals surface area (Å²) >= 11 is 1.57. The number of benzene rings is 2. The van der Waals surface area contributed by atoms with Gasteiger partial charge in [-0.15, -0.1) is 0 Å². The van der Waals surface area contributed by atoms with Crippen molar-refractivity contribution in [2.45, 2.75) is 0 Å². The van der Waals surface area contributed by atoms with Gasteiger partial charge in [0.1, 0.15) is 5.75 Å². The molecule has 1 amide bonds. The Hall–Kier alpha value is -2.64. The summed E-state index contributed by atoms with van der Waals surface area (Å²) in [6.45, 7) is 3.41. The first-order valence-electron chi connectivity index (χ1n) is 8.92. The van der Waals surface area contributed by atoms with E-state index in [4.69, 9.17) is 4.74 Å². The molecule has 0 unspecified atom stereocenters. The Morgan fingerprint density at radius 3 is 2.56 bits per heavy atom. The van der Waals surface area contributed by atoms with Gasteiger partial charge in [-0.25, -0.2) is 4.98 Å². The summed E-state index contributed by atoms with van der Waals surface area (Å²) in [6.07, 6.45) is 0. The van der Waals surface area contributed by atoms with Crippen LogP contribution in [0, 0.1) is 0 Å². The standard InChI is InChI=1S/C20H22N4O2S/c1-23-9-11-24(12-10-23)19(25)14-3-5-15(6-4-14)21-20-22-17-8-7-16(26-2)13-18(17)27-20/h3-8,13H,9-12H2,1-2H3,(H,21,22). The summed E-state index contributed by atoms with van der Waals surface area (Å²) in [6, 6.07) is 13.4. The number of aromatic nitrogens is 1. The summed E-state index contributed by atoms with van der Waals surface area (Å²) in [7, 11) is 3.74. The number of thiazole rings is 1. The lowest BCUT2D eigenvalue weighted by Crippen LogP contribution is -2.47. The summed E-state index contributed by atoms with van der Waals surface area (Å²) in [5, 5.41) is 4.13. The molecule has 1 aliphatic heterocycles. The Bertz CT molecular complexity index is 946. The minimum Gasteiger partial charge on any atom is -0.497 e. The number of carbonyl (C=O) groups excluding carboxylic acids is 1. The third-order valence-electron chi connectivity index (χ3n) is 4.77. The highest BCUT2D eigenvalue weighted by atomic mass is 32.1. The zero-order chi connectivity index (χ0) is 18.8. The Morgan fingerprint density at radius 1 is 1.11 bits per heavy atom. The molecule has 27 heavy (non-hydrogen) atoms. The highest BCUT2D eigenvalue weighted by Crippen LogP contribution is 2.31. The van der Waals surface area contributed by atoms with Crippen molar-refractivity contribution in [3.8, 4) is 5.75 Å². The fourth-order valence-corrected chi connectivity index (χ4v) is 4.01. The molecule has 1 aromatic heterocycles. The topological polar surface area (TPSA) is 57.7 Å². The van der Waals surface area contributed by atoms with Crippen LogP contribution in [0.2, 0.25) is 0 Å². The van der Waals surface area contributed by atoms with Gasteiger partial charge < -0.3 is 19.9 Å². The number of nitrogens with zero attached hydrogens (tertiary/aromatic N) is 3. The third-order valence-corrected chi connectivity index (χ3v) is 5.70. The number of nitrogens with one attached hydrogen (secondary N) is 1. The molecule has 0 aliphatic carbocycles. The van der Waals surface area contributed by atoms with Crippen LogP contribution in [-0.2, 0) is 0 Å². The SMILES string of the molecule is COc1ccc2nc(Nc3ccc(C(=O)N4CCN(C)CC4)cc3)sc2c1. The van der Waals surface area contributed by atoms with E-state index in [2.05, 4.69) is 22.2 Å². The molecule has 2 heterocycles. The molecule has 0 saturated carbocycles. The largest absolute Gasteiger partial charge is 0.497 e. The van der Waals surface area contributed by atoms with Crippen molar-refractivity contribution < 1.29 is 9.53 Å². The molecule has 140 valence electrons. The van der Waals surface area contributed by atoms with E-state index < -0.39 is 0 Å². The quantitative estimate of drug-likeness (QED) is 0.749. The lowest BCUT2D eigenvalue weighted by Gasteiger charge is -2.32. The number of amides is 1. The van der Waals surface area contributed by atoms with Crippen molar-refractivity contribution in [3.05, 3.63) is 48.0 Å². The highest BCUT2D eigenvalue weighted by molar-refractivity contribution is 7.22. The van der Waals surface area contributed by atoms with Gasteiger partial charge in [0.25, 0.3) is 5.91 Å². The molecular weight excluding hydrogens is 360 g/mol. The van der Waals surface area contributed by atoms with Crippen LogP contribution in [0.15, 0.2) is 42.5 Å². The second-order valence-corrected chi connectivity index (χ2v) is 7.68. The van der Waals surface area contributed by atoms with Crippen molar-refractivity contribution in [1.82, 2.24) is 14.8 Å². The molecule has 1 aliphatic rings. The highest BCUT2D eigenvalue weighted by Gasteiger charge is 2.20. The van der Waals surface area contributed by atoms with Crippen molar-refractivity contribution >= 4 is 38.3 Å². The van der Waals surface area contributed by atoms with Gasteiger partial charge in [0.05, 0.1) is 17.3 Å². The summed E-state index contributed by atoms with van der Waals surface area (Å²) < 4.78 is 6.33. The van der Waals surface area contributed by atoms with Crippen molar-refractivity contribution in [1.29, 1.82) is 0 Å². The first-order valence-corrected chi connectivity index (χ1v) is 9.73. The average molecular weight is 382 g/mol. The smallest absolute Gasteiger partial charge is 0.253 e. The Morgan fingerprint density at radius 2 is 1.85 bits per heavy atom. The van der Waals surface area contributed by atoms with E-state index in [1.54, 1.807) is 18.4 Å². The fraction of sp³-hybridized carbons (Fsp3) is 0.300. The van der Waals surface area contributed by atoms with Crippen LogP contribution in [0.25, 0.3) is 10.2 Å². The van der Waals surface area contributed by atoms with Crippen LogP contribution in [0.4, 0.5) is 10.8 Å². The molecule has 0 bridgehead atoms. The predicted molar refractivity (Wildman–Crippen MR) is 109 cm³/mol. The first kappa shape index (κ1) is 17.8. The normalized spacial score (nSPS) is 15.1. The average Bonchev–Trinajstić information content (AvgIpc) is 3.10. The van der Waals surface area contributed by atoms with Gasteiger partial charge in [-0.2, -0.15) is 0 Å². The monoisotopic (exact) mass is 382 g/mol. The molecule has 0 spiro atoms. The number of hydrogen-bond donors (Lipinski definition) is 1. The number of ether oxygens (including phenoxy) is 1. The number of rotatable bonds is 4. The van der Waals surface area contributed by atoms with Crippen molar-refractivity contribution in [2.75, 3.05) is 45.7 Å². The van der Waals surface area contributed by atoms with E-state index in [9.17, 15) is 4.79 Å². The van der Waals surface area contributed by atoms with Gasteiger partial charge in [-0.3, -0.25) is 4.79 Å². The van der Waals surface area contributed by atoms with Gasteiger partial charge in [-0.05, 0) is 49.5 Å². The summed E-state index contributed by atoms with van der Waals surface area (Å²) in [5.74, 6) is 0.922. The Labute approximate surface area is 162 Å². The second kappa shape index (κ2) is 7.54. The number of carbonyl (C=O) groups is 1. The van der Waals surface area contributed by atoms with Crippen LogP contribution in [0.1, 0.15) is 10.4 Å². The number of piperazine rings is 1. The Kier molecular flexibility index (Phi) is 4.96. The van der Waals surface area contributed by atoms with E-state index in [0.717, 1.165) is 58.5 Å². The van der Waals surface area contributed by atoms with Crippen LogP contribution >= 0.6 is 11.3 Å². The molecular formula is C20H22N4O2S. The zero-order valence-electron chi connectivity index (χ0n) is 15.4. The van der Waals surface area contributed by atoms with Crippen molar-refractivity contribution in [3.63, 3.8) is 0 Å². The van der Waals surface area contributed by atoms with Crippen LogP contribution < -0.4 is 10.1 Å². The minimum atomic E-state index is 0.0988.